The van der Waals surface area contributed by atoms with E-state index in [2.05, 4.69) is 21.0 Å². The smallest absolute Gasteiger partial charge is 0.273 e. The number of nitrogens with zero attached hydrogens (tertiary/aromatic N) is 2. The molecule has 0 aliphatic rings. The third kappa shape index (κ3) is 4.33. The molecule has 0 bridgehead atoms. The molecule has 150 valence electrons. The molecule has 3 rings (SSSR count). The van der Waals surface area contributed by atoms with E-state index in [1.807, 2.05) is 30.3 Å². The summed E-state index contributed by atoms with van der Waals surface area (Å²) < 4.78 is 25.5. The van der Waals surface area contributed by atoms with Gasteiger partial charge in [-0.05, 0) is 18.2 Å². The molecule has 0 spiro atoms. The maximum absolute atomic E-state index is 12.5. The van der Waals surface area contributed by atoms with Crippen molar-refractivity contribution in [2.24, 2.45) is 0 Å². The molecule has 1 aromatic heterocycles. The van der Waals surface area contributed by atoms with E-state index in [1.54, 1.807) is 0 Å². The van der Waals surface area contributed by atoms with Crippen LogP contribution in [0.5, 0.6) is 0 Å². The van der Waals surface area contributed by atoms with Crippen molar-refractivity contribution in [1.82, 2.24) is 25.4 Å². The summed E-state index contributed by atoms with van der Waals surface area (Å²) in [6.45, 7) is 0. The van der Waals surface area contributed by atoms with Gasteiger partial charge in [-0.3, -0.25) is 25.5 Å². The lowest BCUT2D eigenvalue weighted by Gasteiger charge is -2.12. The first-order valence-electron chi connectivity index (χ1n) is 8.53. The van der Waals surface area contributed by atoms with Gasteiger partial charge in [0.25, 0.3) is 11.8 Å². The highest BCUT2D eigenvalue weighted by atomic mass is 32.2. The molecule has 3 aromatic rings. The normalized spacial score (nSPS) is 11.3. The molecule has 10 heteroatoms. The Morgan fingerprint density at radius 1 is 0.966 bits per heavy atom. The molecular formula is C19H19N5O4S. The number of aromatic nitrogens is 2. The van der Waals surface area contributed by atoms with Crippen LogP contribution in [-0.4, -0.2) is 48.8 Å². The van der Waals surface area contributed by atoms with Gasteiger partial charge in [-0.2, -0.15) is 5.10 Å². The van der Waals surface area contributed by atoms with Crippen LogP contribution in [0.25, 0.3) is 11.3 Å². The van der Waals surface area contributed by atoms with Gasteiger partial charge < -0.3 is 0 Å². The molecule has 0 fully saturated rings. The summed E-state index contributed by atoms with van der Waals surface area (Å²) in [6, 6.07) is 14.7. The molecule has 3 N–H and O–H groups in total. The third-order valence-electron chi connectivity index (χ3n) is 4.11. The summed E-state index contributed by atoms with van der Waals surface area (Å²) in [6.07, 6.45) is 1.36. The highest BCUT2D eigenvalue weighted by Gasteiger charge is 2.20. The van der Waals surface area contributed by atoms with E-state index in [1.165, 1.54) is 44.6 Å². The molecule has 29 heavy (non-hydrogen) atoms. The number of hydrogen-bond donors (Lipinski definition) is 3. The summed E-state index contributed by atoms with van der Waals surface area (Å²) in [7, 11) is -0.882. The minimum absolute atomic E-state index is 0.0253. The third-order valence-corrected chi connectivity index (χ3v) is 5.92. The number of aromatic amines is 1. The summed E-state index contributed by atoms with van der Waals surface area (Å²) in [5.74, 6) is -1.22. The van der Waals surface area contributed by atoms with Crippen molar-refractivity contribution in [2.75, 3.05) is 14.1 Å². The Kier molecular flexibility index (Phi) is 5.76. The van der Waals surface area contributed by atoms with Crippen molar-refractivity contribution in [2.45, 2.75) is 4.90 Å². The number of carbonyl (C=O) groups is 2. The number of carbonyl (C=O) groups excluding carboxylic acids is 2. The van der Waals surface area contributed by atoms with Crippen LogP contribution in [0.15, 0.2) is 65.7 Å². The van der Waals surface area contributed by atoms with Crippen LogP contribution in [0.3, 0.4) is 0 Å². The number of H-pyrrole nitrogens is 1. The fourth-order valence-corrected chi connectivity index (χ4v) is 3.49. The zero-order valence-electron chi connectivity index (χ0n) is 15.7. The number of hydrogen-bond acceptors (Lipinski definition) is 5. The monoisotopic (exact) mass is 413 g/mol. The van der Waals surface area contributed by atoms with E-state index in [0.717, 1.165) is 9.87 Å². The van der Waals surface area contributed by atoms with Gasteiger partial charge in [0.1, 0.15) is 0 Å². The first-order valence-corrected chi connectivity index (χ1v) is 9.97. The fraction of sp³-hybridized carbons (Fsp3) is 0.105. The van der Waals surface area contributed by atoms with Gasteiger partial charge in [-0.15, -0.1) is 0 Å². The maximum Gasteiger partial charge on any atom is 0.273 e. The predicted octanol–water partition coefficient (Wildman–Crippen LogP) is 1.40. The van der Waals surface area contributed by atoms with Crippen LogP contribution in [0.1, 0.15) is 20.7 Å². The zero-order chi connectivity index (χ0) is 21.0. The summed E-state index contributed by atoms with van der Waals surface area (Å²) in [5.41, 5.74) is 6.22. The predicted molar refractivity (Wildman–Crippen MR) is 106 cm³/mol. The second kappa shape index (κ2) is 8.25. The maximum atomic E-state index is 12.5. The van der Waals surface area contributed by atoms with Crippen LogP contribution < -0.4 is 10.9 Å². The van der Waals surface area contributed by atoms with E-state index < -0.39 is 21.8 Å². The first kappa shape index (κ1) is 20.2. The number of rotatable bonds is 5. The topological polar surface area (TPSA) is 124 Å². The van der Waals surface area contributed by atoms with Gasteiger partial charge in [-0.25, -0.2) is 12.7 Å². The standard InChI is InChI=1S/C19H19N5O4S/c1-24(2)29(27,28)15-10-6-9-14(11-15)18(25)22-23-19(26)16-12-20-21-17(16)13-7-4-3-5-8-13/h3-12H,1-2H3,(H,20,21)(H,22,25)(H,23,26). The lowest BCUT2D eigenvalue weighted by molar-refractivity contribution is 0.0847. The molecule has 0 saturated carbocycles. The highest BCUT2D eigenvalue weighted by molar-refractivity contribution is 7.89. The Morgan fingerprint density at radius 2 is 1.66 bits per heavy atom. The minimum Gasteiger partial charge on any atom is -0.277 e. The largest absolute Gasteiger partial charge is 0.277 e. The SMILES string of the molecule is CN(C)S(=O)(=O)c1cccc(C(=O)NNC(=O)c2cn[nH]c2-c2ccccc2)c1. The van der Waals surface area contributed by atoms with Crippen molar-refractivity contribution >= 4 is 21.8 Å². The molecule has 0 aliphatic carbocycles. The lowest BCUT2D eigenvalue weighted by Crippen LogP contribution is -2.41. The quantitative estimate of drug-likeness (QED) is 0.546. The molecule has 0 saturated heterocycles. The van der Waals surface area contributed by atoms with Gasteiger partial charge >= 0.3 is 0 Å². The summed E-state index contributed by atoms with van der Waals surface area (Å²) >= 11 is 0. The van der Waals surface area contributed by atoms with E-state index in [4.69, 9.17) is 0 Å². The first-order chi connectivity index (χ1) is 13.8. The van der Waals surface area contributed by atoms with Crippen molar-refractivity contribution in [3.63, 3.8) is 0 Å². The van der Waals surface area contributed by atoms with Crippen LogP contribution in [0.4, 0.5) is 0 Å². The van der Waals surface area contributed by atoms with E-state index in [-0.39, 0.29) is 16.0 Å². The average molecular weight is 413 g/mol. The van der Waals surface area contributed by atoms with Gasteiger partial charge in [0.2, 0.25) is 10.0 Å². The number of amides is 2. The molecular weight excluding hydrogens is 394 g/mol. The molecule has 2 amide bonds. The van der Waals surface area contributed by atoms with Crippen LogP contribution in [-0.2, 0) is 10.0 Å². The zero-order valence-corrected chi connectivity index (χ0v) is 16.5. The van der Waals surface area contributed by atoms with Crippen molar-refractivity contribution < 1.29 is 18.0 Å². The van der Waals surface area contributed by atoms with Crippen molar-refractivity contribution in [3.8, 4) is 11.3 Å². The molecule has 0 unspecified atom stereocenters. The van der Waals surface area contributed by atoms with Gasteiger partial charge in [0, 0.05) is 25.2 Å². The Bertz CT molecular complexity index is 1140. The second-order valence-electron chi connectivity index (χ2n) is 6.25. The minimum atomic E-state index is -3.68. The molecule has 0 radical (unpaired) electrons. The summed E-state index contributed by atoms with van der Waals surface area (Å²) in [5, 5.41) is 6.65. The van der Waals surface area contributed by atoms with Gasteiger partial charge in [0.15, 0.2) is 0 Å². The van der Waals surface area contributed by atoms with Crippen molar-refractivity contribution in [3.05, 3.63) is 71.9 Å². The molecule has 2 aromatic carbocycles. The Balaban J connectivity index is 1.73. The molecule has 1 heterocycles. The fourth-order valence-electron chi connectivity index (χ4n) is 2.54. The van der Waals surface area contributed by atoms with Crippen molar-refractivity contribution in [1.29, 1.82) is 0 Å². The van der Waals surface area contributed by atoms with Crippen LogP contribution >= 0.6 is 0 Å². The van der Waals surface area contributed by atoms with E-state index >= 15 is 0 Å². The number of nitrogens with one attached hydrogen (secondary N) is 3. The Hall–Kier alpha value is -3.50. The van der Waals surface area contributed by atoms with Crippen LogP contribution in [0, 0.1) is 0 Å². The Labute approximate surface area is 167 Å². The second-order valence-corrected chi connectivity index (χ2v) is 8.40. The lowest BCUT2D eigenvalue weighted by atomic mass is 10.1. The number of sulfonamides is 1. The molecule has 9 nitrogen and oxygen atoms in total. The molecule has 0 atom stereocenters. The number of hydrazine groups is 1. The van der Waals surface area contributed by atoms with E-state index in [0.29, 0.717) is 5.69 Å². The van der Waals surface area contributed by atoms with E-state index in [9.17, 15) is 18.0 Å². The van der Waals surface area contributed by atoms with Crippen LogP contribution in [0.2, 0.25) is 0 Å². The highest BCUT2D eigenvalue weighted by Crippen LogP contribution is 2.20. The average Bonchev–Trinajstić information content (AvgIpc) is 3.22. The molecule has 0 aliphatic heterocycles. The summed E-state index contributed by atoms with van der Waals surface area (Å²) in [4.78, 5) is 24.8. The number of benzene rings is 2. The van der Waals surface area contributed by atoms with Gasteiger partial charge in [-0.1, -0.05) is 36.4 Å². The van der Waals surface area contributed by atoms with Gasteiger partial charge in [0.05, 0.1) is 22.3 Å². The Morgan fingerprint density at radius 3 is 2.34 bits per heavy atom.